The maximum absolute atomic E-state index is 12.6. The first kappa shape index (κ1) is 16.9. The predicted octanol–water partition coefficient (Wildman–Crippen LogP) is 1.83. The fourth-order valence-electron chi connectivity index (χ4n) is 4.49. The Morgan fingerprint density at radius 1 is 1.22 bits per heavy atom. The third-order valence-corrected chi connectivity index (χ3v) is 6.86. The number of hydrogen-bond donors (Lipinski definition) is 2. The van der Waals surface area contributed by atoms with Gasteiger partial charge < -0.3 is 10.4 Å². The Hall–Kier alpha value is -2.29. The second kappa shape index (κ2) is 5.37. The molecule has 140 valence electrons. The smallest absolute Gasteiger partial charge is 0.309 e. The normalized spacial score (nSPS) is 29.4. The summed E-state index contributed by atoms with van der Waals surface area (Å²) in [7, 11) is 0. The maximum atomic E-state index is 12.6. The molecule has 0 atom stereocenters. The minimum Gasteiger partial charge on any atom is -0.481 e. The molecule has 6 rings (SSSR count). The number of carbonyl (C=O) groups excluding carboxylic acids is 1. The van der Waals surface area contributed by atoms with Crippen LogP contribution in [0.2, 0.25) is 0 Å². The molecular formula is C18H18BrN5O3. The van der Waals surface area contributed by atoms with Gasteiger partial charge in [-0.3, -0.25) is 9.59 Å². The molecule has 4 aliphatic carbocycles. The first-order valence-electron chi connectivity index (χ1n) is 8.93. The number of carboxylic acids is 1. The van der Waals surface area contributed by atoms with Crippen LogP contribution in [-0.4, -0.2) is 43.5 Å². The van der Waals surface area contributed by atoms with Gasteiger partial charge in [-0.25, -0.2) is 9.67 Å². The van der Waals surface area contributed by atoms with Crippen LogP contribution >= 0.6 is 15.9 Å². The number of rotatable bonds is 6. The average Bonchev–Trinajstić information content (AvgIpc) is 3.18. The van der Waals surface area contributed by atoms with E-state index in [1.165, 1.54) is 0 Å². The van der Waals surface area contributed by atoms with Crippen molar-refractivity contribution in [2.24, 2.45) is 10.8 Å². The molecule has 2 aromatic rings. The number of aliphatic carboxylic acids is 1. The minimum absolute atomic E-state index is 0.0149. The highest BCUT2D eigenvalue weighted by molar-refractivity contribution is 9.10. The van der Waals surface area contributed by atoms with Gasteiger partial charge in [-0.15, -0.1) is 5.10 Å². The Morgan fingerprint density at radius 2 is 1.96 bits per heavy atom. The number of carboxylic acid groups (broad SMARTS) is 1. The zero-order valence-corrected chi connectivity index (χ0v) is 16.1. The second-order valence-electron chi connectivity index (χ2n) is 8.24. The standard InChI is InChI=1S/C18H18BrN5O3/c19-11-1-2-13(20-5-11)24-6-12(22-23-24)16(3-4-16)10-21-14(25)17-7-18(8-17,9-17)15(26)27/h1-2,5-6H,3-4,7-10H2,(H,21,25)(H,26,27). The van der Waals surface area contributed by atoms with E-state index >= 15 is 0 Å². The molecule has 27 heavy (non-hydrogen) atoms. The lowest BCUT2D eigenvalue weighted by atomic mass is 9.35. The lowest BCUT2D eigenvalue weighted by Crippen LogP contribution is -2.70. The van der Waals surface area contributed by atoms with Gasteiger partial charge in [-0.2, -0.15) is 0 Å². The van der Waals surface area contributed by atoms with Crippen LogP contribution in [0.15, 0.2) is 29.0 Å². The number of aromatic nitrogens is 4. The third-order valence-electron chi connectivity index (χ3n) is 6.39. The summed E-state index contributed by atoms with van der Waals surface area (Å²) in [6, 6.07) is 3.75. The number of amides is 1. The molecule has 2 N–H and O–H groups in total. The lowest BCUT2D eigenvalue weighted by Gasteiger charge is -2.66. The molecule has 2 aromatic heterocycles. The van der Waals surface area contributed by atoms with Crippen LogP contribution in [-0.2, 0) is 15.0 Å². The van der Waals surface area contributed by atoms with E-state index in [0.29, 0.717) is 31.6 Å². The van der Waals surface area contributed by atoms with Crippen LogP contribution in [0.5, 0.6) is 0 Å². The second-order valence-corrected chi connectivity index (χ2v) is 9.16. The molecular weight excluding hydrogens is 414 g/mol. The van der Waals surface area contributed by atoms with Crippen molar-refractivity contribution < 1.29 is 14.7 Å². The van der Waals surface area contributed by atoms with Crippen molar-refractivity contribution in [1.29, 1.82) is 0 Å². The summed E-state index contributed by atoms with van der Waals surface area (Å²) in [6.45, 7) is 0.514. The van der Waals surface area contributed by atoms with E-state index in [1.807, 2.05) is 18.3 Å². The molecule has 2 heterocycles. The Labute approximate surface area is 163 Å². The molecule has 0 aliphatic heterocycles. The molecule has 8 nitrogen and oxygen atoms in total. The summed E-state index contributed by atoms with van der Waals surface area (Å²) in [5.74, 6) is -0.0995. The van der Waals surface area contributed by atoms with E-state index < -0.39 is 16.8 Å². The van der Waals surface area contributed by atoms with Crippen LogP contribution in [0.1, 0.15) is 37.8 Å². The number of hydrogen-bond acceptors (Lipinski definition) is 5. The van der Waals surface area contributed by atoms with E-state index in [2.05, 4.69) is 36.5 Å². The fourth-order valence-corrected chi connectivity index (χ4v) is 4.72. The Balaban J connectivity index is 1.24. The summed E-state index contributed by atoms with van der Waals surface area (Å²) in [4.78, 5) is 28.1. The molecule has 0 unspecified atom stereocenters. The van der Waals surface area contributed by atoms with E-state index in [1.54, 1.807) is 10.9 Å². The minimum atomic E-state index is -0.769. The zero-order chi connectivity index (χ0) is 18.9. The van der Waals surface area contributed by atoms with E-state index in [0.717, 1.165) is 23.0 Å². The highest BCUT2D eigenvalue weighted by atomic mass is 79.9. The molecule has 0 saturated heterocycles. The van der Waals surface area contributed by atoms with Gasteiger partial charge in [0.05, 0.1) is 22.7 Å². The number of nitrogens with one attached hydrogen (secondary N) is 1. The van der Waals surface area contributed by atoms with Crippen LogP contribution < -0.4 is 5.32 Å². The number of carbonyl (C=O) groups is 2. The maximum Gasteiger partial charge on any atom is 0.309 e. The number of nitrogens with zero attached hydrogens (tertiary/aromatic N) is 4. The van der Waals surface area contributed by atoms with Gasteiger partial charge in [0, 0.05) is 22.6 Å². The molecule has 0 radical (unpaired) electrons. The largest absolute Gasteiger partial charge is 0.481 e. The fraction of sp³-hybridized carbons (Fsp3) is 0.500. The van der Waals surface area contributed by atoms with E-state index in [4.69, 9.17) is 0 Å². The Kier molecular flexibility index (Phi) is 3.35. The first-order chi connectivity index (χ1) is 12.9. The summed E-state index contributed by atoms with van der Waals surface area (Å²) < 4.78 is 2.53. The van der Waals surface area contributed by atoms with Crippen molar-refractivity contribution in [2.75, 3.05) is 6.54 Å². The van der Waals surface area contributed by atoms with Crippen molar-refractivity contribution in [2.45, 2.75) is 37.5 Å². The molecule has 0 spiro atoms. The third kappa shape index (κ3) is 2.44. The topological polar surface area (TPSA) is 110 Å². The summed E-state index contributed by atoms with van der Waals surface area (Å²) >= 11 is 3.36. The van der Waals surface area contributed by atoms with Crippen LogP contribution in [0, 0.1) is 10.8 Å². The lowest BCUT2D eigenvalue weighted by molar-refractivity contribution is -0.220. The quantitative estimate of drug-likeness (QED) is 0.721. The Bertz CT molecular complexity index is 930. The molecule has 9 heteroatoms. The molecule has 2 bridgehead atoms. The predicted molar refractivity (Wildman–Crippen MR) is 97.1 cm³/mol. The summed E-state index contributed by atoms with van der Waals surface area (Å²) in [6.07, 6.45) is 6.89. The zero-order valence-electron chi connectivity index (χ0n) is 14.5. The SMILES string of the molecule is O=C(O)C12CC(C(=O)NCC3(c4cn(-c5ccc(Br)cn5)nn4)CC3)(C1)C2. The van der Waals surface area contributed by atoms with Crippen molar-refractivity contribution in [3.05, 3.63) is 34.7 Å². The molecule has 4 fully saturated rings. The van der Waals surface area contributed by atoms with Gasteiger partial charge in [-0.05, 0) is 60.2 Å². The van der Waals surface area contributed by atoms with E-state index in [-0.39, 0.29) is 11.3 Å². The molecule has 0 aromatic carbocycles. The van der Waals surface area contributed by atoms with E-state index in [9.17, 15) is 14.7 Å². The van der Waals surface area contributed by atoms with Gasteiger partial charge in [0.15, 0.2) is 5.82 Å². The average molecular weight is 432 g/mol. The van der Waals surface area contributed by atoms with Crippen LogP contribution in [0.25, 0.3) is 5.82 Å². The van der Waals surface area contributed by atoms with Gasteiger partial charge in [-0.1, -0.05) is 5.21 Å². The van der Waals surface area contributed by atoms with Gasteiger partial charge in [0.25, 0.3) is 0 Å². The van der Waals surface area contributed by atoms with Crippen molar-refractivity contribution in [3.8, 4) is 5.82 Å². The monoisotopic (exact) mass is 431 g/mol. The van der Waals surface area contributed by atoms with Crippen molar-refractivity contribution >= 4 is 27.8 Å². The molecule has 1 amide bonds. The molecule has 4 aliphatic rings. The van der Waals surface area contributed by atoms with Gasteiger partial charge in [0.2, 0.25) is 5.91 Å². The van der Waals surface area contributed by atoms with Gasteiger partial charge in [0.1, 0.15) is 0 Å². The first-order valence-corrected chi connectivity index (χ1v) is 9.72. The van der Waals surface area contributed by atoms with Crippen molar-refractivity contribution in [1.82, 2.24) is 25.3 Å². The number of pyridine rings is 1. The summed E-state index contributed by atoms with van der Waals surface area (Å²) in [5.41, 5.74) is -0.396. The highest BCUT2D eigenvalue weighted by Crippen LogP contribution is 2.73. The van der Waals surface area contributed by atoms with Crippen LogP contribution in [0.3, 0.4) is 0 Å². The number of halogens is 1. The molecule has 4 saturated carbocycles. The van der Waals surface area contributed by atoms with Crippen molar-refractivity contribution in [3.63, 3.8) is 0 Å². The Morgan fingerprint density at radius 3 is 2.56 bits per heavy atom. The summed E-state index contributed by atoms with van der Waals surface area (Å²) in [5, 5.41) is 20.7. The highest BCUT2D eigenvalue weighted by Gasteiger charge is 2.75. The van der Waals surface area contributed by atoms with Gasteiger partial charge >= 0.3 is 5.97 Å². The van der Waals surface area contributed by atoms with Crippen LogP contribution in [0.4, 0.5) is 0 Å².